The zero-order valence-corrected chi connectivity index (χ0v) is 11.7. The number of nitrogens with one attached hydrogen (secondary N) is 1. The number of likely N-dealkylation sites (tertiary alicyclic amines) is 1. The summed E-state index contributed by atoms with van der Waals surface area (Å²) in [4.78, 5) is 32.3. The summed E-state index contributed by atoms with van der Waals surface area (Å²) in [5, 5.41) is 0. The zero-order valence-electron chi connectivity index (χ0n) is 10.8. The van der Waals surface area contributed by atoms with E-state index in [1.54, 1.807) is 4.90 Å². The van der Waals surface area contributed by atoms with Gasteiger partial charge in [0.25, 0.3) is 5.56 Å². The monoisotopic (exact) mass is 283 g/mol. The third-order valence-corrected chi connectivity index (χ3v) is 3.44. The molecule has 1 aromatic heterocycles. The molecule has 1 N–H and O–H groups in total. The Balaban J connectivity index is 2.22. The van der Waals surface area contributed by atoms with E-state index in [9.17, 15) is 9.59 Å². The molecule has 19 heavy (non-hydrogen) atoms. The summed E-state index contributed by atoms with van der Waals surface area (Å²) in [7, 11) is 1.42. The predicted octanol–water partition coefficient (Wildman–Crippen LogP) is 0.762. The molecule has 0 spiro atoms. The lowest BCUT2D eigenvalue weighted by atomic mass is 10.2. The van der Waals surface area contributed by atoms with Gasteiger partial charge in [0, 0.05) is 13.0 Å². The van der Waals surface area contributed by atoms with Gasteiger partial charge in [-0.2, -0.15) is 12.6 Å². The van der Waals surface area contributed by atoms with Gasteiger partial charge in [-0.25, -0.2) is 4.98 Å². The molecule has 1 fully saturated rings. The van der Waals surface area contributed by atoms with Crippen molar-refractivity contribution in [1.82, 2.24) is 14.9 Å². The Kier molecular flexibility index (Phi) is 4.47. The topological polar surface area (TPSA) is 75.3 Å². The minimum Gasteiger partial charge on any atom is -0.490 e. The number of hydrogen-bond donors (Lipinski definition) is 2. The number of thiol groups is 1. The first-order valence-electron chi connectivity index (χ1n) is 6.21. The summed E-state index contributed by atoms with van der Waals surface area (Å²) >= 11 is 4.07. The molecule has 2 heterocycles. The van der Waals surface area contributed by atoms with Crippen molar-refractivity contribution in [1.29, 1.82) is 0 Å². The highest BCUT2D eigenvalue weighted by Gasteiger charge is 2.31. The standard InChI is InChI=1S/C12H17N3O3S/c1-18-9-7-13-11(14-12(9)17)8-3-2-5-15(8)10(16)4-6-19/h7-8,19H,2-6H2,1H3,(H,13,14,17). The van der Waals surface area contributed by atoms with Crippen molar-refractivity contribution < 1.29 is 9.53 Å². The van der Waals surface area contributed by atoms with E-state index >= 15 is 0 Å². The second kappa shape index (κ2) is 6.10. The highest BCUT2D eigenvalue weighted by Crippen LogP contribution is 2.29. The highest BCUT2D eigenvalue weighted by atomic mass is 32.1. The van der Waals surface area contributed by atoms with Crippen molar-refractivity contribution in [3.05, 3.63) is 22.4 Å². The van der Waals surface area contributed by atoms with Crippen LogP contribution in [0.3, 0.4) is 0 Å². The summed E-state index contributed by atoms with van der Waals surface area (Å²) < 4.78 is 4.88. The summed E-state index contributed by atoms with van der Waals surface area (Å²) in [6, 6.07) is -0.147. The van der Waals surface area contributed by atoms with Crippen LogP contribution >= 0.6 is 12.6 Å². The number of hydrogen-bond acceptors (Lipinski definition) is 5. The van der Waals surface area contributed by atoms with E-state index in [1.165, 1.54) is 13.3 Å². The fraction of sp³-hybridized carbons (Fsp3) is 0.583. The van der Waals surface area contributed by atoms with Crippen molar-refractivity contribution in [2.45, 2.75) is 25.3 Å². The van der Waals surface area contributed by atoms with E-state index in [0.29, 0.717) is 24.5 Å². The Morgan fingerprint density at radius 1 is 1.68 bits per heavy atom. The third-order valence-electron chi connectivity index (χ3n) is 3.22. The number of rotatable bonds is 4. The van der Waals surface area contributed by atoms with E-state index < -0.39 is 0 Å². The van der Waals surface area contributed by atoms with Crippen molar-refractivity contribution in [3.63, 3.8) is 0 Å². The van der Waals surface area contributed by atoms with Crippen molar-refractivity contribution in [2.75, 3.05) is 19.4 Å². The maximum atomic E-state index is 12.0. The zero-order chi connectivity index (χ0) is 13.8. The second-order valence-electron chi connectivity index (χ2n) is 4.38. The molecule has 0 aromatic carbocycles. The van der Waals surface area contributed by atoms with Gasteiger partial charge in [-0.15, -0.1) is 0 Å². The van der Waals surface area contributed by atoms with Crippen LogP contribution < -0.4 is 10.3 Å². The van der Waals surface area contributed by atoms with Crippen molar-refractivity contribution >= 4 is 18.5 Å². The van der Waals surface area contributed by atoms with Crippen LogP contribution in [0.1, 0.15) is 31.1 Å². The lowest BCUT2D eigenvalue weighted by molar-refractivity contribution is -0.131. The lowest BCUT2D eigenvalue weighted by Gasteiger charge is -2.23. The van der Waals surface area contributed by atoms with Crippen LogP contribution in [0, 0.1) is 0 Å². The molecule has 1 unspecified atom stereocenters. The molecule has 1 saturated heterocycles. The largest absolute Gasteiger partial charge is 0.490 e. The molecule has 2 rings (SSSR count). The SMILES string of the molecule is COc1cnc(C2CCCN2C(=O)CCS)[nH]c1=O. The number of ether oxygens (including phenoxy) is 1. The number of H-pyrrole nitrogens is 1. The summed E-state index contributed by atoms with van der Waals surface area (Å²) in [6.45, 7) is 0.701. The van der Waals surface area contributed by atoms with E-state index in [-0.39, 0.29) is 23.3 Å². The lowest BCUT2D eigenvalue weighted by Crippen LogP contribution is -2.32. The van der Waals surface area contributed by atoms with Gasteiger partial charge in [0.1, 0.15) is 5.82 Å². The molecule has 7 heteroatoms. The van der Waals surface area contributed by atoms with Crippen molar-refractivity contribution in [2.24, 2.45) is 0 Å². The second-order valence-corrected chi connectivity index (χ2v) is 4.83. The molecule has 0 saturated carbocycles. The number of nitrogens with zero attached hydrogens (tertiary/aromatic N) is 2. The summed E-state index contributed by atoms with van der Waals surface area (Å²) in [5.74, 6) is 1.27. The van der Waals surface area contributed by atoms with Crippen LogP contribution in [0.25, 0.3) is 0 Å². The molecule has 104 valence electrons. The Morgan fingerprint density at radius 2 is 2.47 bits per heavy atom. The van der Waals surface area contributed by atoms with Gasteiger partial charge in [-0.3, -0.25) is 9.59 Å². The van der Waals surface area contributed by atoms with E-state index in [0.717, 1.165) is 12.8 Å². The van der Waals surface area contributed by atoms with Gasteiger partial charge in [0.05, 0.1) is 19.3 Å². The molecular formula is C12H17N3O3S. The van der Waals surface area contributed by atoms with Crippen LogP contribution in [0.15, 0.2) is 11.0 Å². The number of aromatic amines is 1. The Morgan fingerprint density at radius 3 is 3.11 bits per heavy atom. The van der Waals surface area contributed by atoms with Crippen molar-refractivity contribution in [3.8, 4) is 5.75 Å². The number of carbonyl (C=O) groups is 1. The minimum atomic E-state index is -0.319. The number of methoxy groups -OCH3 is 1. The molecule has 1 aliphatic heterocycles. The van der Waals surface area contributed by atoms with Crippen LogP contribution in [0.2, 0.25) is 0 Å². The number of amides is 1. The Bertz CT molecular complexity index is 517. The number of aromatic nitrogens is 2. The molecule has 6 nitrogen and oxygen atoms in total. The maximum absolute atomic E-state index is 12.0. The fourth-order valence-corrected chi connectivity index (χ4v) is 2.49. The van der Waals surface area contributed by atoms with Gasteiger partial charge < -0.3 is 14.6 Å². The average molecular weight is 283 g/mol. The molecule has 1 amide bonds. The smallest absolute Gasteiger partial charge is 0.293 e. The van der Waals surface area contributed by atoms with E-state index in [1.807, 2.05) is 0 Å². The van der Waals surface area contributed by atoms with Crippen LogP contribution in [0.5, 0.6) is 5.75 Å². The molecule has 0 aliphatic carbocycles. The van der Waals surface area contributed by atoms with Gasteiger partial charge >= 0.3 is 0 Å². The Hall–Kier alpha value is -1.50. The molecular weight excluding hydrogens is 266 g/mol. The molecule has 1 atom stereocenters. The maximum Gasteiger partial charge on any atom is 0.293 e. The molecule has 1 aromatic rings. The van der Waals surface area contributed by atoms with E-state index in [2.05, 4.69) is 22.6 Å². The van der Waals surface area contributed by atoms with Crippen LogP contribution in [0.4, 0.5) is 0 Å². The van der Waals surface area contributed by atoms with Gasteiger partial charge in [0.2, 0.25) is 11.7 Å². The third kappa shape index (κ3) is 2.91. The predicted molar refractivity (Wildman–Crippen MR) is 73.6 cm³/mol. The van der Waals surface area contributed by atoms with E-state index in [4.69, 9.17) is 4.74 Å². The van der Waals surface area contributed by atoms with Crippen LogP contribution in [-0.2, 0) is 4.79 Å². The van der Waals surface area contributed by atoms with Crippen LogP contribution in [-0.4, -0.2) is 40.2 Å². The fourth-order valence-electron chi connectivity index (χ4n) is 2.30. The van der Waals surface area contributed by atoms with Gasteiger partial charge in [-0.1, -0.05) is 0 Å². The summed E-state index contributed by atoms with van der Waals surface area (Å²) in [6.07, 6.45) is 3.53. The molecule has 0 radical (unpaired) electrons. The van der Waals surface area contributed by atoms with Gasteiger partial charge in [-0.05, 0) is 18.6 Å². The molecule has 0 bridgehead atoms. The Labute approximate surface area is 116 Å². The first-order chi connectivity index (χ1) is 9.17. The number of carbonyl (C=O) groups excluding carboxylic acids is 1. The quantitative estimate of drug-likeness (QED) is 0.800. The first kappa shape index (κ1) is 13.9. The first-order valence-corrected chi connectivity index (χ1v) is 6.84. The highest BCUT2D eigenvalue weighted by molar-refractivity contribution is 7.80. The minimum absolute atomic E-state index is 0.0518. The summed E-state index contributed by atoms with van der Waals surface area (Å²) in [5.41, 5.74) is -0.319. The average Bonchev–Trinajstić information content (AvgIpc) is 2.88. The normalized spacial score (nSPS) is 18.6. The van der Waals surface area contributed by atoms with Gasteiger partial charge in [0.15, 0.2) is 0 Å². The molecule has 1 aliphatic rings.